The minimum atomic E-state index is -1.40. The predicted molar refractivity (Wildman–Crippen MR) is 81.1 cm³/mol. The molecule has 0 aromatic heterocycles. The van der Waals surface area contributed by atoms with Gasteiger partial charge in [-0.1, -0.05) is 5.11 Å². The summed E-state index contributed by atoms with van der Waals surface area (Å²) < 4.78 is 25.6. The topological polar surface area (TPSA) is 163 Å². The van der Waals surface area contributed by atoms with Crippen LogP contribution in [-0.2, 0) is 42.9 Å². The standard InChI is InChI=1S/C14H19N3O9/c1-6(18)22-5-10-11(23-7(2)19)12(24-8(3)20)13(25-9(4)21)14(26-10)16-17-15/h10-14H,5H2,1-4H3/t10?,11-,12-,13?,14+/m0/s1. The number of ether oxygens (including phenoxy) is 5. The highest BCUT2D eigenvalue weighted by molar-refractivity contribution is 5.68. The van der Waals surface area contributed by atoms with Gasteiger partial charge in [0.2, 0.25) is 0 Å². The first-order chi connectivity index (χ1) is 12.1. The molecule has 0 aliphatic carbocycles. The lowest BCUT2D eigenvalue weighted by molar-refractivity contribution is -0.251. The lowest BCUT2D eigenvalue weighted by atomic mass is 9.97. The van der Waals surface area contributed by atoms with Crippen molar-refractivity contribution in [3.63, 3.8) is 0 Å². The molecule has 1 heterocycles. The number of hydrogen-bond acceptors (Lipinski definition) is 10. The molecule has 0 aromatic carbocycles. The molecule has 0 radical (unpaired) electrons. The quantitative estimate of drug-likeness (QED) is 0.210. The third kappa shape index (κ3) is 6.22. The average molecular weight is 373 g/mol. The molecule has 1 aliphatic rings. The van der Waals surface area contributed by atoms with Gasteiger partial charge in [-0.2, -0.15) is 0 Å². The Balaban J connectivity index is 3.28. The summed E-state index contributed by atoms with van der Waals surface area (Å²) in [7, 11) is 0. The number of hydrogen-bond donors (Lipinski definition) is 0. The molecule has 1 saturated heterocycles. The van der Waals surface area contributed by atoms with Crippen LogP contribution in [0.5, 0.6) is 0 Å². The van der Waals surface area contributed by atoms with E-state index >= 15 is 0 Å². The SMILES string of the molecule is CC(=O)OCC1O[C@@H](N=[N+]=[N-])C(OC(C)=O)[C@@H](OC(C)=O)[C@H]1OC(C)=O. The molecule has 5 atom stereocenters. The molecule has 12 nitrogen and oxygen atoms in total. The van der Waals surface area contributed by atoms with E-state index in [2.05, 4.69) is 10.0 Å². The summed E-state index contributed by atoms with van der Waals surface area (Å²) in [5, 5.41) is 3.38. The maximum absolute atomic E-state index is 11.5. The van der Waals surface area contributed by atoms with Crippen LogP contribution in [0.25, 0.3) is 10.4 Å². The van der Waals surface area contributed by atoms with Gasteiger partial charge < -0.3 is 23.7 Å². The second kappa shape index (κ2) is 9.59. The Hall–Kier alpha value is -2.85. The summed E-state index contributed by atoms with van der Waals surface area (Å²) >= 11 is 0. The van der Waals surface area contributed by atoms with Crippen molar-refractivity contribution in [3.05, 3.63) is 10.4 Å². The number of nitrogens with zero attached hydrogens (tertiary/aromatic N) is 3. The summed E-state index contributed by atoms with van der Waals surface area (Å²) in [5.41, 5.74) is 8.71. The molecule has 0 spiro atoms. The smallest absolute Gasteiger partial charge is 0.303 e. The monoisotopic (exact) mass is 373 g/mol. The number of esters is 4. The van der Waals surface area contributed by atoms with Crippen molar-refractivity contribution < 1.29 is 42.9 Å². The minimum absolute atomic E-state index is 0.380. The second-order valence-electron chi connectivity index (χ2n) is 5.29. The summed E-state index contributed by atoms with van der Waals surface area (Å²) in [4.78, 5) is 48.0. The van der Waals surface area contributed by atoms with Crippen molar-refractivity contribution in [1.82, 2.24) is 0 Å². The highest BCUT2D eigenvalue weighted by atomic mass is 16.7. The highest BCUT2D eigenvalue weighted by Gasteiger charge is 2.51. The van der Waals surface area contributed by atoms with Gasteiger partial charge in [0.15, 0.2) is 24.5 Å². The minimum Gasteiger partial charge on any atom is -0.463 e. The van der Waals surface area contributed by atoms with Crippen LogP contribution >= 0.6 is 0 Å². The molecule has 1 rings (SSSR count). The maximum atomic E-state index is 11.5. The van der Waals surface area contributed by atoms with Crippen LogP contribution in [0, 0.1) is 0 Å². The molecule has 12 heteroatoms. The number of carbonyl (C=O) groups excluding carboxylic acids is 4. The first-order valence-electron chi connectivity index (χ1n) is 7.50. The van der Waals surface area contributed by atoms with Crippen molar-refractivity contribution in [2.45, 2.75) is 58.3 Å². The van der Waals surface area contributed by atoms with Gasteiger partial charge in [-0.3, -0.25) is 19.2 Å². The molecule has 2 unspecified atom stereocenters. The Morgan fingerprint density at radius 3 is 1.85 bits per heavy atom. The van der Waals surface area contributed by atoms with E-state index in [-0.39, 0.29) is 6.61 Å². The van der Waals surface area contributed by atoms with Crippen LogP contribution in [0.3, 0.4) is 0 Å². The summed E-state index contributed by atoms with van der Waals surface area (Å²) in [6, 6.07) is 0. The molecule has 0 amide bonds. The number of carbonyl (C=O) groups is 4. The first-order valence-corrected chi connectivity index (χ1v) is 7.50. The number of rotatable bonds is 6. The Morgan fingerprint density at radius 2 is 1.38 bits per heavy atom. The highest BCUT2D eigenvalue weighted by Crippen LogP contribution is 2.29. The zero-order chi connectivity index (χ0) is 19.9. The van der Waals surface area contributed by atoms with E-state index in [4.69, 9.17) is 29.2 Å². The fourth-order valence-corrected chi connectivity index (χ4v) is 2.35. The average Bonchev–Trinajstić information content (AvgIpc) is 2.50. The van der Waals surface area contributed by atoms with Crippen LogP contribution in [0.15, 0.2) is 5.11 Å². The van der Waals surface area contributed by atoms with E-state index in [1.807, 2.05) is 0 Å². The second-order valence-corrected chi connectivity index (χ2v) is 5.29. The van der Waals surface area contributed by atoms with E-state index in [0.717, 1.165) is 27.7 Å². The third-order valence-corrected chi connectivity index (χ3v) is 3.13. The maximum Gasteiger partial charge on any atom is 0.303 e. The molecule has 26 heavy (non-hydrogen) atoms. The van der Waals surface area contributed by atoms with E-state index in [1.165, 1.54) is 0 Å². The van der Waals surface area contributed by atoms with Gasteiger partial charge in [-0.05, 0) is 5.53 Å². The largest absolute Gasteiger partial charge is 0.463 e. The third-order valence-electron chi connectivity index (χ3n) is 3.13. The zero-order valence-electron chi connectivity index (χ0n) is 14.6. The van der Waals surface area contributed by atoms with Gasteiger partial charge in [-0.15, -0.1) is 0 Å². The van der Waals surface area contributed by atoms with E-state index in [9.17, 15) is 19.2 Å². The van der Waals surface area contributed by atoms with Crippen LogP contribution in [0.2, 0.25) is 0 Å². The lowest BCUT2D eigenvalue weighted by Crippen LogP contribution is -2.61. The molecule has 0 N–H and O–H groups in total. The molecule has 0 saturated carbocycles. The van der Waals surface area contributed by atoms with Gasteiger partial charge in [-0.25, -0.2) is 0 Å². The van der Waals surface area contributed by atoms with Crippen molar-refractivity contribution in [3.8, 4) is 0 Å². The van der Waals surface area contributed by atoms with Crippen LogP contribution < -0.4 is 0 Å². The van der Waals surface area contributed by atoms with Gasteiger partial charge in [0.05, 0.1) is 0 Å². The molecule has 144 valence electrons. The van der Waals surface area contributed by atoms with Gasteiger partial charge in [0, 0.05) is 32.6 Å². The Bertz CT molecular complexity index is 617. The molecule has 1 fully saturated rings. The zero-order valence-corrected chi connectivity index (χ0v) is 14.6. The van der Waals surface area contributed by atoms with Crippen LogP contribution in [-0.4, -0.2) is 61.1 Å². The normalized spacial score (nSPS) is 27.5. The fraction of sp³-hybridized carbons (Fsp3) is 0.714. The first kappa shape index (κ1) is 21.2. The van der Waals surface area contributed by atoms with Gasteiger partial charge >= 0.3 is 23.9 Å². The summed E-state index contributed by atoms with van der Waals surface area (Å²) in [5.74, 6) is -2.92. The van der Waals surface area contributed by atoms with E-state index < -0.39 is 54.5 Å². The van der Waals surface area contributed by atoms with Gasteiger partial charge in [0.25, 0.3) is 0 Å². The summed E-state index contributed by atoms with van der Waals surface area (Å²) in [6.45, 7) is 4.06. The van der Waals surface area contributed by atoms with Crippen molar-refractivity contribution >= 4 is 23.9 Å². The summed E-state index contributed by atoms with van der Waals surface area (Å²) in [6.07, 6.45) is -6.52. The van der Waals surface area contributed by atoms with Crippen molar-refractivity contribution in [1.29, 1.82) is 0 Å². The van der Waals surface area contributed by atoms with Crippen molar-refractivity contribution in [2.75, 3.05) is 6.61 Å². The van der Waals surface area contributed by atoms with Crippen molar-refractivity contribution in [2.24, 2.45) is 5.11 Å². The van der Waals surface area contributed by atoms with Crippen LogP contribution in [0.1, 0.15) is 27.7 Å². The Kier molecular flexibility index (Phi) is 7.81. The molecule has 0 bridgehead atoms. The Morgan fingerprint density at radius 1 is 0.885 bits per heavy atom. The lowest BCUT2D eigenvalue weighted by Gasteiger charge is -2.43. The molecular formula is C14H19N3O9. The Labute approximate surface area is 148 Å². The van der Waals surface area contributed by atoms with E-state index in [0.29, 0.717) is 0 Å². The predicted octanol–water partition coefficient (Wildman–Crippen LogP) is 0.380. The molecular weight excluding hydrogens is 354 g/mol. The van der Waals surface area contributed by atoms with Crippen LogP contribution in [0.4, 0.5) is 0 Å². The molecule has 0 aromatic rings. The van der Waals surface area contributed by atoms with E-state index in [1.54, 1.807) is 0 Å². The molecule has 1 aliphatic heterocycles. The number of azide groups is 1. The van der Waals surface area contributed by atoms with Gasteiger partial charge in [0.1, 0.15) is 12.7 Å². The fourth-order valence-electron chi connectivity index (χ4n) is 2.35.